The van der Waals surface area contributed by atoms with Crippen molar-refractivity contribution in [1.82, 2.24) is 10.2 Å². The van der Waals surface area contributed by atoms with Gasteiger partial charge in [0.25, 0.3) is 5.56 Å². The molecule has 23 heavy (non-hydrogen) atoms. The number of benzene rings is 2. The summed E-state index contributed by atoms with van der Waals surface area (Å²) in [7, 11) is 0. The van der Waals surface area contributed by atoms with E-state index in [9.17, 15) is 4.79 Å². The molecule has 2 aromatic carbocycles. The Kier molecular flexibility index (Phi) is 3.26. The van der Waals surface area contributed by atoms with Gasteiger partial charge in [0.2, 0.25) is 0 Å². The van der Waals surface area contributed by atoms with Crippen molar-refractivity contribution in [2.75, 3.05) is 23.7 Å². The highest BCUT2D eigenvalue weighted by Gasteiger charge is 2.16. The fraction of sp³-hybridized carbons (Fsp3) is 0.222. The van der Waals surface area contributed by atoms with E-state index in [0.29, 0.717) is 5.39 Å². The van der Waals surface area contributed by atoms with Crippen LogP contribution in [0.2, 0.25) is 0 Å². The van der Waals surface area contributed by atoms with Gasteiger partial charge in [-0.15, -0.1) is 0 Å². The van der Waals surface area contributed by atoms with E-state index in [4.69, 9.17) is 5.73 Å². The molecule has 5 heteroatoms. The van der Waals surface area contributed by atoms with Gasteiger partial charge in [0.1, 0.15) is 0 Å². The Labute approximate surface area is 133 Å². The van der Waals surface area contributed by atoms with Gasteiger partial charge in [-0.3, -0.25) is 4.79 Å². The minimum atomic E-state index is -0.175. The summed E-state index contributed by atoms with van der Waals surface area (Å²) in [6.45, 7) is 2.12. The molecule has 0 aliphatic carbocycles. The van der Waals surface area contributed by atoms with Gasteiger partial charge >= 0.3 is 0 Å². The first-order chi connectivity index (χ1) is 11.2. The van der Waals surface area contributed by atoms with Crippen molar-refractivity contribution in [3.05, 3.63) is 52.8 Å². The summed E-state index contributed by atoms with van der Waals surface area (Å²) in [5.41, 5.74) is 9.60. The van der Waals surface area contributed by atoms with Crippen LogP contribution in [0.25, 0.3) is 22.0 Å². The summed E-state index contributed by atoms with van der Waals surface area (Å²) in [6.07, 6.45) is 2.43. The van der Waals surface area contributed by atoms with E-state index >= 15 is 0 Å². The smallest absolute Gasteiger partial charge is 0.272 e. The molecular formula is C18H18N4O. The lowest BCUT2D eigenvalue weighted by molar-refractivity contribution is 0.949. The quantitative estimate of drug-likeness (QED) is 0.714. The number of aromatic amines is 1. The first-order valence-electron chi connectivity index (χ1n) is 7.86. The molecule has 116 valence electrons. The highest BCUT2D eigenvalue weighted by Crippen LogP contribution is 2.32. The number of nitrogens with two attached hydrogens (primary N) is 1. The number of aromatic nitrogens is 2. The van der Waals surface area contributed by atoms with Gasteiger partial charge in [0.05, 0.1) is 22.5 Å². The summed E-state index contributed by atoms with van der Waals surface area (Å²) in [6, 6.07) is 13.5. The Balaban J connectivity index is 1.84. The molecule has 5 nitrogen and oxygen atoms in total. The van der Waals surface area contributed by atoms with E-state index in [1.54, 1.807) is 6.07 Å². The van der Waals surface area contributed by atoms with Crippen LogP contribution in [0.3, 0.4) is 0 Å². The lowest BCUT2D eigenvalue weighted by Gasteiger charge is -2.20. The lowest BCUT2D eigenvalue weighted by atomic mass is 10.0. The summed E-state index contributed by atoms with van der Waals surface area (Å²) >= 11 is 0. The highest BCUT2D eigenvalue weighted by atomic mass is 16.1. The molecule has 1 aliphatic heterocycles. The molecule has 1 aliphatic rings. The number of H-pyrrole nitrogens is 1. The summed E-state index contributed by atoms with van der Waals surface area (Å²) in [5.74, 6) is 0. The van der Waals surface area contributed by atoms with E-state index in [1.807, 2.05) is 30.3 Å². The van der Waals surface area contributed by atoms with Crippen molar-refractivity contribution < 1.29 is 0 Å². The number of fused-ring (bicyclic) bond motifs is 1. The molecule has 1 saturated heterocycles. The molecule has 0 spiro atoms. The third-order valence-electron chi connectivity index (χ3n) is 4.44. The lowest BCUT2D eigenvalue weighted by Crippen LogP contribution is -2.19. The second-order valence-corrected chi connectivity index (χ2v) is 5.91. The van der Waals surface area contributed by atoms with Crippen LogP contribution in [0.5, 0.6) is 0 Å². The average Bonchev–Trinajstić information content (AvgIpc) is 3.10. The van der Waals surface area contributed by atoms with E-state index in [2.05, 4.69) is 21.2 Å². The van der Waals surface area contributed by atoms with Gasteiger partial charge in [0.15, 0.2) is 0 Å². The van der Waals surface area contributed by atoms with Gasteiger partial charge in [-0.25, -0.2) is 5.10 Å². The number of nitrogens with zero attached hydrogens (tertiary/aromatic N) is 2. The van der Waals surface area contributed by atoms with Gasteiger partial charge in [-0.1, -0.05) is 24.3 Å². The number of anilines is 2. The number of rotatable bonds is 2. The third-order valence-corrected chi connectivity index (χ3v) is 4.44. The Morgan fingerprint density at radius 2 is 1.78 bits per heavy atom. The fourth-order valence-corrected chi connectivity index (χ4v) is 3.28. The topological polar surface area (TPSA) is 75.0 Å². The summed E-state index contributed by atoms with van der Waals surface area (Å²) in [5, 5.41) is 8.29. The van der Waals surface area contributed by atoms with Crippen LogP contribution in [0.4, 0.5) is 11.4 Å². The molecule has 2 heterocycles. The van der Waals surface area contributed by atoms with Gasteiger partial charge in [-0.05, 0) is 31.0 Å². The van der Waals surface area contributed by atoms with Gasteiger partial charge in [-0.2, -0.15) is 5.10 Å². The van der Waals surface area contributed by atoms with Crippen LogP contribution in [0, 0.1) is 0 Å². The van der Waals surface area contributed by atoms with E-state index in [0.717, 1.165) is 41.1 Å². The summed E-state index contributed by atoms with van der Waals surface area (Å²) < 4.78 is 0. The Morgan fingerprint density at radius 3 is 2.52 bits per heavy atom. The Hall–Kier alpha value is -2.82. The number of hydrogen-bond acceptors (Lipinski definition) is 4. The third kappa shape index (κ3) is 2.34. The van der Waals surface area contributed by atoms with Crippen LogP contribution in [0.1, 0.15) is 12.8 Å². The van der Waals surface area contributed by atoms with Crippen LogP contribution in [0.15, 0.2) is 47.3 Å². The molecule has 0 saturated carbocycles. The average molecular weight is 306 g/mol. The highest BCUT2D eigenvalue weighted by molar-refractivity contribution is 5.94. The second-order valence-electron chi connectivity index (χ2n) is 5.91. The maximum absolute atomic E-state index is 11.9. The predicted molar refractivity (Wildman–Crippen MR) is 93.7 cm³/mol. The number of hydrogen-bond donors (Lipinski definition) is 2. The van der Waals surface area contributed by atoms with Crippen molar-refractivity contribution in [2.45, 2.75) is 12.8 Å². The molecule has 0 radical (unpaired) electrons. The molecule has 1 aromatic heterocycles. The van der Waals surface area contributed by atoms with Crippen molar-refractivity contribution in [3.63, 3.8) is 0 Å². The maximum Gasteiger partial charge on any atom is 0.272 e. The second kappa shape index (κ2) is 5.43. The molecule has 1 fully saturated rings. The standard InChI is InChI=1S/C18H18N4O/c19-15-11-12(7-8-16(15)22-9-3-4-10-22)17-13-5-1-2-6-14(13)18(23)21-20-17/h1-2,5-8,11H,3-4,9-10,19H2,(H,21,23). The zero-order valence-electron chi connectivity index (χ0n) is 12.7. The van der Waals surface area contributed by atoms with Gasteiger partial charge in [0, 0.05) is 24.0 Å². The van der Waals surface area contributed by atoms with Crippen LogP contribution < -0.4 is 16.2 Å². The van der Waals surface area contributed by atoms with E-state index in [1.165, 1.54) is 12.8 Å². The molecule has 0 amide bonds. The number of nitrogens with one attached hydrogen (secondary N) is 1. The largest absolute Gasteiger partial charge is 0.397 e. The number of nitrogen functional groups attached to an aromatic ring is 1. The van der Waals surface area contributed by atoms with Crippen molar-refractivity contribution in [3.8, 4) is 11.3 Å². The molecule has 4 rings (SSSR count). The van der Waals surface area contributed by atoms with Crippen molar-refractivity contribution >= 4 is 22.1 Å². The molecule has 0 unspecified atom stereocenters. The zero-order valence-corrected chi connectivity index (χ0v) is 12.7. The zero-order chi connectivity index (χ0) is 15.8. The SMILES string of the molecule is Nc1cc(-c2n[nH]c(=O)c3ccccc23)ccc1N1CCCC1. The van der Waals surface area contributed by atoms with E-state index < -0.39 is 0 Å². The first kappa shape index (κ1) is 13.8. The monoisotopic (exact) mass is 306 g/mol. The van der Waals surface area contributed by atoms with Crippen LogP contribution in [-0.4, -0.2) is 23.3 Å². The minimum absolute atomic E-state index is 0.175. The Bertz CT molecular complexity index is 926. The van der Waals surface area contributed by atoms with Crippen molar-refractivity contribution in [1.29, 1.82) is 0 Å². The molecule has 3 N–H and O–H groups in total. The minimum Gasteiger partial charge on any atom is -0.397 e. The fourth-order valence-electron chi connectivity index (χ4n) is 3.28. The van der Waals surface area contributed by atoms with Crippen molar-refractivity contribution in [2.24, 2.45) is 0 Å². The van der Waals surface area contributed by atoms with Crippen LogP contribution >= 0.6 is 0 Å². The summed E-state index contributed by atoms with van der Waals surface area (Å²) in [4.78, 5) is 14.2. The van der Waals surface area contributed by atoms with Crippen LogP contribution in [-0.2, 0) is 0 Å². The molecule has 0 bridgehead atoms. The van der Waals surface area contributed by atoms with E-state index in [-0.39, 0.29) is 5.56 Å². The molecule has 0 atom stereocenters. The van der Waals surface area contributed by atoms with Gasteiger partial charge < -0.3 is 10.6 Å². The Morgan fingerprint density at radius 1 is 1.04 bits per heavy atom. The normalized spacial score (nSPS) is 14.5. The molecular weight excluding hydrogens is 288 g/mol. The maximum atomic E-state index is 11.9. The first-order valence-corrected chi connectivity index (χ1v) is 7.86. The predicted octanol–water partition coefficient (Wildman–Crippen LogP) is 2.77. The molecule has 3 aromatic rings.